The van der Waals surface area contributed by atoms with E-state index in [0.717, 1.165) is 28.9 Å². The second kappa shape index (κ2) is 17.3. The van der Waals surface area contributed by atoms with E-state index in [4.69, 9.17) is 14.2 Å². The van der Waals surface area contributed by atoms with Gasteiger partial charge in [-0.15, -0.1) is 0 Å². The van der Waals surface area contributed by atoms with E-state index in [1.165, 1.54) is 32.1 Å². The average Bonchev–Trinajstić information content (AvgIpc) is 3.04. The molecule has 1 amide bonds. The Morgan fingerprint density at radius 2 is 1.31 bits per heavy atom. The molecule has 0 fully saturated rings. The van der Waals surface area contributed by atoms with Crippen molar-refractivity contribution in [3.8, 4) is 17.2 Å². The third kappa shape index (κ3) is 10.4. The molecule has 6 nitrogen and oxygen atoms in total. The lowest BCUT2D eigenvalue weighted by Gasteiger charge is -2.12. The van der Waals surface area contributed by atoms with Gasteiger partial charge in [-0.3, -0.25) is 4.79 Å². The molecule has 0 aromatic heterocycles. The lowest BCUT2D eigenvalue weighted by Crippen LogP contribution is -2.17. The Bertz CT molecular complexity index is 1370. The van der Waals surface area contributed by atoms with Crippen molar-refractivity contribution >= 4 is 12.1 Å². The second-order valence-corrected chi connectivity index (χ2v) is 10.1. The van der Waals surface area contributed by atoms with Crippen LogP contribution in [0.15, 0.2) is 108 Å². The van der Waals surface area contributed by atoms with Gasteiger partial charge < -0.3 is 14.2 Å². The zero-order valence-electron chi connectivity index (χ0n) is 24.3. The highest BCUT2D eigenvalue weighted by Crippen LogP contribution is 2.26. The molecule has 0 bridgehead atoms. The maximum absolute atomic E-state index is 12.7. The molecule has 0 saturated carbocycles. The van der Waals surface area contributed by atoms with Gasteiger partial charge in [-0.2, -0.15) is 5.10 Å². The summed E-state index contributed by atoms with van der Waals surface area (Å²) in [5.41, 5.74) is 5.96. The fourth-order valence-electron chi connectivity index (χ4n) is 4.31. The molecule has 0 saturated heterocycles. The Morgan fingerprint density at radius 1 is 0.690 bits per heavy atom. The number of unbranched alkanes of at least 4 members (excludes halogenated alkanes) is 5. The summed E-state index contributed by atoms with van der Waals surface area (Å²) in [6.07, 6.45) is 8.90. The predicted octanol–water partition coefficient (Wildman–Crippen LogP) is 8.35. The largest absolute Gasteiger partial charge is 0.494 e. The Hall–Kier alpha value is -4.58. The molecule has 4 rings (SSSR count). The van der Waals surface area contributed by atoms with Crippen molar-refractivity contribution in [2.75, 3.05) is 6.61 Å². The van der Waals surface area contributed by atoms with Crippen molar-refractivity contribution in [2.24, 2.45) is 5.10 Å². The van der Waals surface area contributed by atoms with Crippen LogP contribution in [0.3, 0.4) is 0 Å². The van der Waals surface area contributed by atoms with Crippen LogP contribution >= 0.6 is 0 Å². The number of nitrogens with one attached hydrogen (secondary N) is 1. The summed E-state index contributed by atoms with van der Waals surface area (Å²) in [5, 5.41) is 4.19. The van der Waals surface area contributed by atoms with E-state index in [2.05, 4.69) is 17.5 Å². The number of carbonyl (C=O) groups excluding carboxylic acids is 1. The van der Waals surface area contributed by atoms with Crippen LogP contribution in [0.4, 0.5) is 0 Å². The van der Waals surface area contributed by atoms with E-state index < -0.39 is 0 Å². The molecule has 6 heteroatoms. The van der Waals surface area contributed by atoms with Crippen molar-refractivity contribution < 1.29 is 19.0 Å². The van der Waals surface area contributed by atoms with E-state index in [-0.39, 0.29) is 5.91 Å². The van der Waals surface area contributed by atoms with Crippen molar-refractivity contribution in [2.45, 2.75) is 58.7 Å². The molecule has 0 heterocycles. The second-order valence-electron chi connectivity index (χ2n) is 10.1. The zero-order chi connectivity index (χ0) is 29.2. The summed E-state index contributed by atoms with van der Waals surface area (Å²) in [4.78, 5) is 12.7. The number of nitrogens with zero attached hydrogens (tertiary/aromatic N) is 1. The first-order valence-corrected chi connectivity index (χ1v) is 14.7. The molecule has 1 N–H and O–H groups in total. The minimum atomic E-state index is -0.303. The number of hydrazone groups is 1. The molecule has 4 aromatic carbocycles. The standard InChI is InChI=1S/C36H40N2O4/c1-2-3-4-5-6-13-24-40-33-21-18-31(19-22-33)36(39)38-37-26-32-20-23-34(41-27-29-14-9-7-10-15-29)25-35(32)42-28-30-16-11-8-12-17-30/h7-12,14-23,25-26H,2-6,13,24,27-28H2,1H3,(H,38,39)/b37-26+. The normalized spacial score (nSPS) is 10.9. The first-order valence-electron chi connectivity index (χ1n) is 14.7. The van der Waals surface area contributed by atoms with Gasteiger partial charge in [-0.05, 0) is 53.9 Å². The molecule has 4 aromatic rings. The van der Waals surface area contributed by atoms with E-state index in [1.54, 1.807) is 18.3 Å². The summed E-state index contributed by atoms with van der Waals surface area (Å²) < 4.78 is 18.0. The summed E-state index contributed by atoms with van der Waals surface area (Å²) >= 11 is 0. The van der Waals surface area contributed by atoms with Gasteiger partial charge in [0.1, 0.15) is 30.5 Å². The highest BCUT2D eigenvalue weighted by atomic mass is 16.5. The van der Waals surface area contributed by atoms with Crippen LogP contribution in [0.1, 0.15) is 72.5 Å². The first kappa shape index (κ1) is 30.4. The molecule has 0 radical (unpaired) electrons. The van der Waals surface area contributed by atoms with Gasteiger partial charge in [0.15, 0.2) is 0 Å². The SMILES string of the molecule is CCCCCCCCOc1ccc(C(=O)N/N=C/c2ccc(OCc3ccccc3)cc2OCc2ccccc2)cc1. The molecule has 0 aliphatic rings. The van der Waals surface area contributed by atoms with Crippen LogP contribution < -0.4 is 19.6 Å². The Morgan fingerprint density at radius 3 is 2.00 bits per heavy atom. The predicted molar refractivity (Wildman–Crippen MR) is 168 cm³/mol. The number of ether oxygens (including phenoxy) is 3. The van der Waals surface area contributed by atoms with Crippen LogP contribution in [0, 0.1) is 0 Å². The number of rotatable bonds is 17. The van der Waals surface area contributed by atoms with Crippen LogP contribution in [0.2, 0.25) is 0 Å². The van der Waals surface area contributed by atoms with Gasteiger partial charge in [0.25, 0.3) is 5.91 Å². The molecule has 0 atom stereocenters. The quantitative estimate of drug-likeness (QED) is 0.0795. The van der Waals surface area contributed by atoms with Gasteiger partial charge in [0.2, 0.25) is 0 Å². The number of carbonyl (C=O) groups is 1. The molecular formula is C36H40N2O4. The molecule has 0 unspecified atom stereocenters. The topological polar surface area (TPSA) is 69.2 Å². The third-order valence-electron chi connectivity index (χ3n) is 6.72. The van der Waals surface area contributed by atoms with Crippen LogP contribution in [0.25, 0.3) is 0 Å². The number of hydrogen-bond acceptors (Lipinski definition) is 5. The van der Waals surface area contributed by atoms with Gasteiger partial charge in [-0.1, -0.05) is 99.7 Å². The minimum Gasteiger partial charge on any atom is -0.494 e. The number of benzene rings is 4. The highest BCUT2D eigenvalue weighted by Gasteiger charge is 2.08. The molecule has 42 heavy (non-hydrogen) atoms. The number of amides is 1. The maximum Gasteiger partial charge on any atom is 0.271 e. The van der Waals surface area contributed by atoms with E-state index in [1.807, 2.05) is 91.0 Å². The van der Waals surface area contributed by atoms with Gasteiger partial charge in [0.05, 0.1) is 12.8 Å². The Kier molecular flexibility index (Phi) is 12.5. The van der Waals surface area contributed by atoms with E-state index in [9.17, 15) is 4.79 Å². The smallest absolute Gasteiger partial charge is 0.271 e. The Balaban J connectivity index is 1.32. The molecule has 0 aliphatic carbocycles. The first-order chi connectivity index (χ1) is 20.7. The molecule has 0 aliphatic heterocycles. The van der Waals surface area contributed by atoms with Crippen molar-refractivity contribution in [3.05, 3.63) is 125 Å². The maximum atomic E-state index is 12.7. The lowest BCUT2D eigenvalue weighted by atomic mass is 10.1. The highest BCUT2D eigenvalue weighted by molar-refractivity contribution is 5.95. The third-order valence-corrected chi connectivity index (χ3v) is 6.72. The lowest BCUT2D eigenvalue weighted by molar-refractivity contribution is 0.0955. The summed E-state index contributed by atoms with van der Waals surface area (Å²) in [5.74, 6) is 1.75. The van der Waals surface area contributed by atoms with Crippen molar-refractivity contribution in [1.82, 2.24) is 5.43 Å². The monoisotopic (exact) mass is 564 g/mol. The van der Waals surface area contributed by atoms with Gasteiger partial charge in [0, 0.05) is 17.2 Å². The average molecular weight is 565 g/mol. The minimum absolute atomic E-state index is 0.303. The molecule has 0 spiro atoms. The summed E-state index contributed by atoms with van der Waals surface area (Å²) in [7, 11) is 0. The van der Waals surface area contributed by atoms with E-state index in [0.29, 0.717) is 36.9 Å². The molecular weight excluding hydrogens is 524 g/mol. The van der Waals surface area contributed by atoms with Crippen molar-refractivity contribution in [3.63, 3.8) is 0 Å². The van der Waals surface area contributed by atoms with Crippen LogP contribution in [-0.2, 0) is 13.2 Å². The summed E-state index contributed by atoms with van der Waals surface area (Å²) in [6, 6.07) is 32.6. The van der Waals surface area contributed by atoms with E-state index >= 15 is 0 Å². The summed E-state index contributed by atoms with van der Waals surface area (Å²) in [6.45, 7) is 3.75. The van der Waals surface area contributed by atoms with Gasteiger partial charge >= 0.3 is 0 Å². The zero-order valence-corrected chi connectivity index (χ0v) is 24.3. The fraction of sp³-hybridized carbons (Fsp3) is 0.278. The fourth-order valence-corrected chi connectivity index (χ4v) is 4.31. The van der Waals surface area contributed by atoms with Crippen molar-refractivity contribution in [1.29, 1.82) is 0 Å². The van der Waals surface area contributed by atoms with Gasteiger partial charge in [-0.25, -0.2) is 5.43 Å². The Labute approximate surface area is 249 Å². The number of hydrogen-bond donors (Lipinski definition) is 1. The van der Waals surface area contributed by atoms with Crippen LogP contribution in [0.5, 0.6) is 17.2 Å². The molecule has 218 valence electrons. The van der Waals surface area contributed by atoms with Crippen LogP contribution in [-0.4, -0.2) is 18.7 Å².